The van der Waals surface area contributed by atoms with Gasteiger partial charge in [0.15, 0.2) is 0 Å². The number of urea groups is 1. The second-order valence-electron chi connectivity index (χ2n) is 9.67. The van der Waals surface area contributed by atoms with Gasteiger partial charge in [-0.2, -0.15) is 18.4 Å². The molecular weight excluding hydrogens is 475 g/mol. The number of amides is 3. The van der Waals surface area contributed by atoms with Gasteiger partial charge in [0.05, 0.1) is 18.0 Å². The highest BCUT2D eigenvalue weighted by Gasteiger charge is 2.49. The number of aromatic nitrogens is 2. The van der Waals surface area contributed by atoms with Crippen molar-refractivity contribution < 1.29 is 22.8 Å². The summed E-state index contributed by atoms with van der Waals surface area (Å²) in [5.74, 6) is 0.544. The van der Waals surface area contributed by atoms with E-state index in [9.17, 15) is 28.0 Å². The van der Waals surface area contributed by atoms with E-state index in [0.717, 1.165) is 29.4 Å². The van der Waals surface area contributed by atoms with Crippen LogP contribution in [0.1, 0.15) is 31.2 Å². The number of likely N-dealkylation sites (tertiary alicyclic amines) is 1. The van der Waals surface area contributed by atoms with E-state index in [4.69, 9.17) is 0 Å². The number of carbonyl (C=O) groups excluding carboxylic acids is 2. The highest BCUT2D eigenvalue weighted by Crippen LogP contribution is 2.37. The Morgan fingerprint density at radius 1 is 1.31 bits per heavy atom. The fraction of sp³-hybridized carbons (Fsp3) is 0.500. The van der Waals surface area contributed by atoms with Crippen LogP contribution in [0.2, 0.25) is 0 Å². The Morgan fingerprint density at radius 2 is 2.08 bits per heavy atom. The Hall–Kier alpha value is -3.59. The molecule has 2 aromatic heterocycles. The average molecular weight is 502 g/mol. The van der Waals surface area contributed by atoms with Gasteiger partial charge in [0, 0.05) is 43.7 Å². The van der Waals surface area contributed by atoms with Crippen LogP contribution in [-0.2, 0) is 4.79 Å². The Balaban J connectivity index is 1.29. The molecular formula is C24H26F3N7O2. The molecule has 0 aromatic carbocycles. The minimum absolute atomic E-state index is 0.0181. The van der Waals surface area contributed by atoms with E-state index < -0.39 is 24.3 Å². The van der Waals surface area contributed by atoms with Crippen LogP contribution in [0.3, 0.4) is 0 Å². The number of H-pyrrole nitrogens is 1. The molecule has 4 heterocycles. The molecule has 2 aromatic rings. The van der Waals surface area contributed by atoms with Gasteiger partial charge >= 0.3 is 12.2 Å². The van der Waals surface area contributed by atoms with Gasteiger partial charge in [-0.15, -0.1) is 0 Å². The van der Waals surface area contributed by atoms with E-state index in [1.165, 1.54) is 4.90 Å². The van der Waals surface area contributed by atoms with Crippen molar-refractivity contribution in [2.75, 3.05) is 38.0 Å². The molecule has 3 amide bonds. The molecule has 3 aliphatic rings. The first-order valence-corrected chi connectivity index (χ1v) is 11.9. The summed E-state index contributed by atoms with van der Waals surface area (Å²) in [6.45, 7) is 0.173. The first-order valence-electron chi connectivity index (χ1n) is 11.9. The van der Waals surface area contributed by atoms with Crippen molar-refractivity contribution in [3.63, 3.8) is 0 Å². The van der Waals surface area contributed by atoms with Crippen molar-refractivity contribution in [2.24, 2.45) is 5.92 Å². The van der Waals surface area contributed by atoms with Crippen LogP contribution in [0.5, 0.6) is 0 Å². The van der Waals surface area contributed by atoms with Crippen LogP contribution in [-0.4, -0.2) is 76.1 Å². The average Bonchev–Trinajstić information content (AvgIpc) is 3.57. The van der Waals surface area contributed by atoms with Gasteiger partial charge < -0.3 is 20.5 Å². The second-order valence-corrected chi connectivity index (χ2v) is 9.67. The smallest absolute Gasteiger partial charge is 0.346 e. The number of nitrogens with zero attached hydrogens (tertiary/aromatic N) is 4. The lowest BCUT2D eigenvalue weighted by atomic mass is 9.83. The number of halogens is 3. The summed E-state index contributed by atoms with van der Waals surface area (Å²) >= 11 is 0. The van der Waals surface area contributed by atoms with Gasteiger partial charge in [0.25, 0.3) is 0 Å². The topological polar surface area (TPSA) is 117 Å². The molecule has 190 valence electrons. The monoisotopic (exact) mass is 501 g/mol. The molecule has 2 aliphatic heterocycles. The molecule has 2 fully saturated rings. The summed E-state index contributed by atoms with van der Waals surface area (Å²) in [7, 11) is 0. The molecule has 1 saturated heterocycles. The van der Waals surface area contributed by atoms with Gasteiger partial charge in [-0.05, 0) is 42.5 Å². The van der Waals surface area contributed by atoms with E-state index >= 15 is 0 Å². The van der Waals surface area contributed by atoms with Gasteiger partial charge in [-0.25, -0.2) is 9.78 Å². The first kappa shape index (κ1) is 24.1. The normalized spacial score (nSPS) is 19.8. The predicted octanol–water partition coefficient (Wildman–Crippen LogP) is 3.24. The SMILES string of the molecule is N#CCC1(N2CC=C(c3cc(NC(=O)C4CC4)nc4[nH]ccc34)CC2)CN(C(=O)NCC(F)(F)F)C1. The highest BCUT2D eigenvalue weighted by atomic mass is 19.4. The van der Waals surface area contributed by atoms with E-state index in [2.05, 4.69) is 32.3 Å². The van der Waals surface area contributed by atoms with Crippen LogP contribution in [0, 0.1) is 17.2 Å². The van der Waals surface area contributed by atoms with Crippen LogP contribution >= 0.6 is 0 Å². The molecule has 36 heavy (non-hydrogen) atoms. The quantitative estimate of drug-likeness (QED) is 0.562. The number of pyridine rings is 1. The van der Waals surface area contributed by atoms with Crippen LogP contribution < -0.4 is 10.6 Å². The Morgan fingerprint density at radius 3 is 2.72 bits per heavy atom. The summed E-state index contributed by atoms with van der Waals surface area (Å²) in [6, 6.07) is 5.23. The second kappa shape index (κ2) is 9.13. The molecule has 0 atom stereocenters. The third-order valence-corrected chi connectivity index (χ3v) is 7.06. The fourth-order valence-corrected chi connectivity index (χ4v) is 4.95. The van der Waals surface area contributed by atoms with Gasteiger partial charge in [0.2, 0.25) is 5.91 Å². The van der Waals surface area contributed by atoms with Crippen LogP contribution in [0.4, 0.5) is 23.8 Å². The van der Waals surface area contributed by atoms with E-state index in [0.29, 0.717) is 31.0 Å². The Bertz CT molecular complexity index is 1250. The number of aromatic amines is 1. The lowest BCUT2D eigenvalue weighted by molar-refractivity contribution is -0.124. The predicted molar refractivity (Wildman–Crippen MR) is 126 cm³/mol. The van der Waals surface area contributed by atoms with Crippen molar-refractivity contribution in [3.8, 4) is 6.07 Å². The summed E-state index contributed by atoms with van der Waals surface area (Å²) in [5, 5.41) is 15.1. The molecule has 12 heteroatoms. The number of nitriles is 1. The summed E-state index contributed by atoms with van der Waals surface area (Å²) in [5.41, 5.74) is 2.16. The summed E-state index contributed by atoms with van der Waals surface area (Å²) in [4.78, 5) is 35.4. The minimum Gasteiger partial charge on any atom is -0.346 e. The summed E-state index contributed by atoms with van der Waals surface area (Å²) in [6.07, 6.45) is 2.05. The molecule has 1 aliphatic carbocycles. The Kier molecular flexibility index (Phi) is 6.12. The number of nitrogens with one attached hydrogen (secondary N) is 3. The van der Waals surface area contributed by atoms with Crippen molar-refractivity contribution in [3.05, 3.63) is 30.0 Å². The first-order chi connectivity index (χ1) is 17.2. The zero-order chi connectivity index (χ0) is 25.5. The molecule has 0 unspecified atom stereocenters. The largest absolute Gasteiger partial charge is 0.405 e. The molecule has 0 bridgehead atoms. The third kappa shape index (κ3) is 4.88. The fourth-order valence-electron chi connectivity index (χ4n) is 4.95. The maximum absolute atomic E-state index is 12.4. The van der Waals surface area contributed by atoms with Crippen LogP contribution in [0.25, 0.3) is 16.6 Å². The van der Waals surface area contributed by atoms with Crippen molar-refractivity contribution in [1.29, 1.82) is 5.26 Å². The number of anilines is 1. The van der Waals surface area contributed by atoms with Crippen molar-refractivity contribution in [1.82, 2.24) is 25.1 Å². The highest BCUT2D eigenvalue weighted by molar-refractivity contribution is 5.97. The number of alkyl halides is 3. The van der Waals surface area contributed by atoms with Crippen LogP contribution in [0.15, 0.2) is 24.4 Å². The molecule has 9 nitrogen and oxygen atoms in total. The number of rotatable bonds is 6. The van der Waals surface area contributed by atoms with Gasteiger partial charge in [-0.1, -0.05) is 6.08 Å². The standard InChI is InChI=1S/C24H26F3N7O2/c25-24(26,27)12-30-22(36)33-13-23(14-33,6-7-28)34-9-4-15(5-10-34)18-11-19(32-21(35)16-1-2-16)31-20-17(18)3-8-29-20/h3-4,8,11,16H,1-2,5-6,9-10,12-14H2,(H,30,36)(H2,29,31,32,35). The van der Waals surface area contributed by atoms with E-state index in [-0.39, 0.29) is 31.3 Å². The minimum atomic E-state index is -4.48. The molecule has 0 radical (unpaired) electrons. The zero-order valence-electron chi connectivity index (χ0n) is 19.5. The number of fused-ring (bicyclic) bond motifs is 1. The summed E-state index contributed by atoms with van der Waals surface area (Å²) < 4.78 is 37.3. The van der Waals surface area contributed by atoms with E-state index in [1.807, 2.05) is 17.4 Å². The maximum Gasteiger partial charge on any atom is 0.405 e. The van der Waals surface area contributed by atoms with Crippen molar-refractivity contribution in [2.45, 2.75) is 37.4 Å². The van der Waals surface area contributed by atoms with Gasteiger partial charge in [-0.3, -0.25) is 9.69 Å². The molecule has 3 N–H and O–H groups in total. The van der Waals surface area contributed by atoms with Crippen molar-refractivity contribution >= 4 is 34.4 Å². The number of hydrogen-bond acceptors (Lipinski definition) is 5. The lowest BCUT2D eigenvalue weighted by Crippen LogP contribution is -2.72. The Labute approximate surface area is 205 Å². The number of hydrogen-bond donors (Lipinski definition) is 3. The third-order valence-electron chi connectivity index (χ3n) is 7.06. The zero-order valence-corrected chi connectivity index (χ0v) is 19.5. The lowest BCUT2D eigenvalue weighted by Gasteiger charge is -2.55. The van der Waals surface area contributed by atoms with Gasteiger partial charge in [0.1, 0.15) is 18.0 Å². The number of carbonyl (C=O) groups is 2. The molecule has 1 saturated carbocycles. The van der Waals surface area contributed by atoms with E-state index in [1.54, 1.807) is 6.20 Å². The molecule has 0 spiro atoms. The maximum atomic E-state index is 12.4. The molecule has 5 rings (SSSR count).